The van der Waals surface area contributed by atoms with Gasteiger partial charge in [0.05, 0.1) is 10.1 Å². The van der Waals surface area contributed by atoms with Gasteiger partial charge in [-0.2, -0.15) is 0 Å². The Balaban J connectivity index is 1.59. The molecule has 108 valence electrons. The van der Waals surface area contributed by atoms with Crippen molar-refractivity contribution in [2.75, 3.05) is 18.8 Å². The highest BCUT2D eigenvalue weighted by Gasteiger charge is 2.20. The van der Waals surface area contributed by atoms with E-state index in [0.29, 0.717) is 25.4 Å². The number of hydrogen-bond acceptors (Lipinski definition) is 4. The lowest BCUT2D eigenvalue weighted by atomic mass is 10.3. The van der Waals surface area contributed by atoms with Crippen molar-refractivity contribution in [3.63, 3.8) is 0 Å². The van der Waals surface area contributed by atoms with Crippen LogP contribution in [0, 0.1) is 0 Å². The monoisotopic (exact) mass is 322 g/mol. The molecule has 4 nitrogen and oxygen atoms in total. The normalized spacial score (nSPS) is 15.8. The minimum Gasteiger partial charge on any atom is -0.314 e. The van der Waals surface area contributed by atoms with Crippen LogP contribution < -0.4 is 10.0 Å². The molecule has 0 radical (unpaired) electrons. The molecular weight excluding hydrogens is 304 g/mol. The van der Waals surface area contributed by atoms with Gasteiger partial charge in [0.15, 0.2) is 0 Å². The molecular formula is C12H19ClN2O2S2. The first-order valence-electron chi connectivity index (χ1n) is 6.50. The average Bonchev–Trinajstić information content (AvgIpc) is 3.08. The highest BCUT2D eigenvalue weighted by Crippen LogP contribution is 2.21. The summed E-state index contributed by atoms with van der Waals surface area (Å²) in [6, 6.07) is 4.40. The minimum absolute atomic E-state index is 0.192. The summed E-state index contributed by atoms with van der Waals surface area (Å²) < 4.78 is 26.8. The Bertz CT molecular complexity index is 498. The third kappa shape index (κ3) is 6.23. The fraction of sp³-hybridized carbons (Fsp3) is 0.667. The van der Waals surface area contributed by atoms with Crippen molar-refractivity contribution in [3.8, 4) is 0 Å². The lowest BCUT2D eigenvalue weighted by molar-refractivity contribution is 0.575. The Morgan fingerprint density at radius 2 is 2.11 bits per heavy atom. The molecule has 1 aromatic heterocycles. The number of nitrogens with one attached hydrogen (secondary N) is 2. The summed E-state index contributed by atoms with van der Waals surface area (Å²) in [7, 11) is -3.14. The maximum Gasteiger partial charge on any atom is 0.211 e. The molecule has 7 heteroatoms. The van der Waals surface area contributed by atoms with Gasteiger partial charge in [0.1, 0.15) is 0 Å². The summed E-state index contributed by atoms with van der Waals surface area (Å²) in [6.07, 6.45) is 3.82. The summed E-state index contributed by atoms with van der Waals surface area (Å²) in [5.41, 5.74) is 0. The average molecular weight is 323 g/mol. The van der Waals surface area contributed by atoms with Gasteiger partial charge < -0.3 is 5.32 Å². The molecule has 0 bridgehead atoms. The Morgan fingerprint density at radius 1 is 1.32 bits per heavy atom. The Kier molecular flexibility index (Phi) is 5.65. The zero-order valence-electron chi connectivity index (χ0n) is 10.7. The van der Waals surface area contributed by atoms with Crippen LogP contribution in [-0.2, 0) is 16.4 Å². The molecule has 0 amide bonds. The maximum atomic E-state index is 11.7. The van der Waals surface area contributed by atoms with E-state index in [1.54, 1.807) is 0 Å². The highest BCUT2D eigenvalue weighted by molar-refractivity contribution is 7.89. The molecule has 0 atom stereocenters. The zero-order chi connectivity index (χ0) is 13.7. The van der Waals surface area contributed by atoms with E-state index in [0.717, 1.165) is 15.8 Å². The van der Waals surface area contributed by atoms with Crippen LogP contribution in [0.15, 0.2) is 12.1 Å². The van der Waals surface area contributed by atoms with E-state index in [-0.39, 0.29) is 5.75 Å². The Labute approximate surface area is 123 Å². The third-order valence-electron chi connectivity index (χ3n) is 2.92. The van der Waals surface area contributed by atoms with Crippen molar-refractivity contribution < 1.29 is 8.42 Å². The van der Waals surface area contributed by atoms with Crippen LogP contribution in [0.25, 0.3) is 0 Å². The SMILES string of the molecule is O=S(=O)(CCCNC1CC1)NCCc1ccc(Cl)s1. The fourth-order valence-corrected chi connectivity index (χ4v) is 3.91. The largest absolute Gasteiger partial charge is 0.314 e. The molecule has 1 fully saturated rings. The molecule has 0 aliphatic heterocycles. The molecule has 0 aromatic carbocycles. The van der Waals surface area contributed by atoms with Crippen molar-refractivity contribution in [2.45, 2.75) is 31.7 Å². The first-order valence-corrected chi connectivity index (χ1v) is 9.35. The predicted octanol–water partition coefficient (Wildman–Crippen LogP) is 2.01. The lowest BCUT2D eigenvalue weighted by Crippen LogP contribution is -2.30. The number of thiophene rings is 1. The van der Waals surface area contributed by atoms with Crippen LogP contribution in [0.3, 0.4) is 0 Å². The molecule has 2 rings (SSSR count). The van der Waals surface area contributed by atoms with Gasteiger partial charge in [0, 0.05) is 17.5 Å². The van der Waals surface area contributed by atoms with E-state index in [2.05, 4.69) is 10.0 Å². The van der Waals surface area contributed by atoms with Crippen molar-refractivity contribution >= 4 is 33.0 Å². The van der Waals surface area contributed by atoms with E-state index in [4.69, 9.17) is 11.6 Å². The second-order valence-corrected chi connectivity index (χ2v) is 8.48. The molecule has 2 N–H and O–H groups in total. The number of hydrogen-bond donors (Lipinski definition) is 2. The first-order chi connectivity index (χ1) is 9.05. The van der Waals surface area contributed by atoms with Gasteiger partial charge in [0.2, 0.25) is 10.0 Å². The van der Waals surface area contributed by atoms with Crippen molar-refractivity contribution in [2.24, 2.45) is 0 Å². The number of sulfonamides is 1. The third-order valence-corrected chi connectivity index (χ3v) is 5.68. The lowest BCUT2D eigenvalue weighted by Gasteiger charge is -2.06. The molecule has 1 aliphatic rings. The van der Waals surface area contributed by atoms with Gasteiger partial charge in [-0.05, 0) is 44.4 Å². The molecule has 19 heavy (non-hydrogen) atoms. The van der Waals surface area contributed by atoms with Crippen LogP contribution in [0.4, 0.5) is 0 Å². The van der Waals surface area contributed by atoms with Crippen molar-refractivity contribution in [3.05, 3.63) is 21.3 Å². The summed E-state index contributed by atoms with van der Waals surface area (Å²) in [5.74, 6) is 0.192. The van der Waals surface area contributed by atoms with Gasteiger partial charge in [-0.25, -0.2) is 13.1 Å². The van der Waals surface area contributed by atoms with Crippen LogP contribution in [-0.4, -0.2) is 33.3 Å². The molecule has 0 unspecified atom stereocenters. The minimum atomic E-state index is -3.14. The van der Waals surface area contributed by atoms with E-state index in [9.17, 15) is 8.42 Å². The summed E-state index contributed by atoms with van der Waals surface area (Å²) in [4.78, 5) is 1.10. The summed E-state index contributed by atoms with van der Waals surface area (Å²) >= 11 is 7.31. The highest BCUT2D eigenvalue weighted by atomic mass is 35.5. The quantitative estimate of drug-likeness (QED) is 0.684. The van der Waals surface area contributed by atoms with Gasteiger partial charge in [-0.1, -0.05) is 11.6 Å². The van der Waals surface area contributed by atoms with Crippen LogP contribution >= 0.6 is 22.9 Å². The Hall–Kier alpha value is -0.140. The molecule has 0 saturated heterocycles. The van der Waals surface area contributed by atoms with Crippen LogP contribution in [0.5, 0.6) is 0 Å². The molecule has 1 aromatic rings. The summed E-state index contributed by atoms with van der Waals surface area (Å²) in [5, 5.41) is 3.31. The number of halogens is 1. The predicted molar refractivity (Wildman–Crippen MR) is 80.5 cm³/mol. The van der Waals surface area contributed by atoms with Crippen LogP contribution in [0.2, 0.25) is 4.34 Å². The second kappa shape index (κ2) is 7.04. The molecule has 0 spiro atoms. The smallest absolute Gasteiger partial charge is 0.211 e. The van der Waals surface area contributed by atoms with E-state index in [1.165, 1.54) is 24.2 Å². The fourth-order valence-electron chi connectivity index (χ4n) is 1.74. The van der Waals surface area contributed by atoms with Gasteiger partial charge in [-0.3, -0.25) is 0 Å². The molecule has 1 heterocycles. The topological polar surface area (TPSA) is 58.2 Å². The summed E-state index contributed by atoms with van der Waals surface area (Å²) in [6.45, 7) is 1.22. The maximum absolute atomic E-state index is 11.7. The van der Waals surface area contributed by atoms with Gasteiger partial charge >= 0.3 is 0 Å². The van der Waals surface area contributed by atoms with E-state index < -0.39 is 10.0 Å². The van der Waals surface area contributed by atoms with Crippen LogP contribution in [0.1, 0.15) is 24.1 Å². The van der Waals surface area contributed by atoms with E-state index >= 15 is 0 Å². The van der Waals surface area contributed by atoms with Crippen molar-refractivity contribution in [1.82, 2.24) is 10.0 Å². The van der Waals surface area contributed by atoms with Gasteiger partial charge in [0.25, 0.3) is 0 Å². The van der Waals surface area contributed by atoms with Crippen molar-refractivity contribution in [1.29, 1.82) is 0 Å². The van der Waals surface area contributed by atoms with Gasteiger partial charge in [-0.15, -0.1) is 11.3 Å². The Morgan fingerprint density at radius 3 is 2.74 bits per heavy atom. The molecule has 1 saturated carbocycles. The zero-order valence-corrected chi connectivity index (χ0v) is 13.1. The van der Waals surface area contributed by atoms with E-state index in [1.807, 2.05) is 12.1 Å². The number of rotatable bonds is 9. The molecule has 1 aliphatic carbocycles. The second-order valence-electron chi connectivity index (χ2n) is 4.75. The first kappa shape index (κ1) is 15.3. The standard InChI is InChI=1S/C12H19ClN2O2S2/c13-12-5-4-11(18-12)6-8-15-19(16,17)9-1-7-14-10-2-3-10/h4-5,10,14-15H,1-3,6-9H2.